The van der Waals surface area contributed by atoms with Crippen molar-refractivity contribution in [1.82, 2.24) is 0 Å². The Morgan fingerprint density at radius 1 is 0.250 bits per heavy atom. The third-order valence-electron chi connectivity index (χ3n) is 19.2. The van der Waals surface area contributed by atoms with E-state index in [2.05, 4.69) is 300 Å². The van der Waals surface area contributed by atoms with Crippen molar-refractivity contribution in [3.05, 3.63) is 285 Å². The number of nitrogens with zero attached hydrogens (tertiary/aromatic N) is 3. The van der Waals surface area contributed by atoms with E-state index in [0.717, 1.165) is 72.1 Å². The number of furan rings is 2. The average molecular weight is 1180 g/mol. The molecular formula is C80H47B2N3O2Se. The zero-order valence-electron chi connectivity index (χ0n) is 47.4. The topological polar surface area (TPSA) is 36.0 Å². The van der Waals surface area contributed by atoms with Crippen LogP contribution in [0, 0.1) is 0 Å². The molecule has 4 aliphatic rings. The van der Waals surface area contributed by atoms with Gasteiger partial charge in [-0.05, 0) is 16.8 Å². The fourth-order valence-electron chi connectivity index (χ4n) is 15.3. The van der Waals surface area contributed by atoms with Crippen molar-refractivity contribution in [2.75, 3.05) is 14.7 Å². The monoisotopic (exact) mass is 1180 g/mol. The summed E-state index contributed by atoms with van der Waals surface area (Å²) in [5.41, 5.74) is 26.9. The van der Waals surface area contributed by atoms with Crippen molar-refractivity contribution in [1.29, 1.82) is 0 Å². The van der Waals surface area contributed by atoms with Gasteiger partial charge >= 0.3 is 476 Å². The maximum absolute atomic E-state index is 6.62. The standard InChI is InChI=1S/C80H47B2N3O2Se/c1-4-22-56(23-5-1)83-67-30-16-14-28-63(67)81-65-46-66-77(47-69(65)85(58-26-8-3-9-27-58)71-41-54(40-70(83)79(71)81)52-32-34-73-59(38-52)61-36-48-18-10-12-20-50(48)43-75(61)86-73)88-78-45-55(53-33-35-74-60(39-53)62-37-49-19-11-13-21-51(49)44-76(62)87-74)42-72-80(78)82(66)64-29-15-17-31-68(64)84(72)57-24-6-2-7-25-57/h1-47H. The second-order valence-electron chi connectivity index (χ2n) is 23.9. The summed E-state index contributed by atoms with van der Waals surface area (Å²) in [6.45, 7) is -0.0916. The average Bonchev–Trinajstić information content (AvgIpc) is 0.862. The van der Waals surface area contributed by atoms with Gasteiger partial charge in [-0.15, -0.1) is 0 Å². The predicted octanol–water partition coefficient (Wildman–Crippen LogP) is 15.5. The molecule has 0 atom stereocenters. The first-order chi connectivity index (χ1) is 43.6. The van der Waals surface area contributed by atoms with E-state index < -0.39 is 0 Å². The molecule has 5 nitrogen and oxygen atoms in total. The van der Waals surface area contributed by atoms with Crippen LogP contribution in [0.25, 0.3) is 87.7 Å². The summed E-state index contributed by atoms with van der Waals surface area (Å²) in [4.78, 5) is 7.65. The molecule has 20 rings (SSSR count). The van der Waals surface area contributed by atoms with Crippen molar-refractivity contribution in [2.45, 2.75) is 0 Å². The van der Waals surface area contributed by atoms with E-state index >= 15 is 0 Å². The van der Waals surface area contributed by atoms with Gasteiger partial charge in [0.25, 0.3) is 0 Å². The van der Waals surface area contributed by atoms with Crippen LogP contribution >= 0.6 is 0 Å². The van der Waals surface area contributed by atoms with E-state index in [1.807, 2.05) is 0 Å². The molecule has 0 saturated carbocycles. The van der Waals surface area contributed by atoms with E-state index in [9.17, 15) is 0 Å². The summed E-state index contributed by atoms with van der Waals surface area (Å²) in [7, 11) is 0. The molecule has 6 heterocycles. The number of hydrogen-bond acceptors (Lipinski definition) is 5. The van der Waals surface area contributed by atoms with E-state index in [1.165, 1.54) is 108 Å². The number of benzene rings is 14. The molecule has 8 heteroatoms. The predicted molar refractivity (Wildman–Crippen MR) is 372 cm³/mol. The van der Waals surface area contributed by atoms with Gasteiger partial charge in [0.15, 0.2) is 0 Å². The van der Waals surface area contributed by atoms with Crippen LogP contribution in [0.15, 0.2) is 294 Å². The van der Waals surface area contributed by atoms with Crippen molar-refractivity contribution in [2.24, 2.45) is 0 Å². The minimum absolute atomic E-state index is 0.0142. The number of hydrogen-bond donors (Lipinski definition) is 0. The molecule has 0 radical (unpaired) electrons. The van der Waals surface area contributed by atoms with Gasteiger partial charge in [0.2, 0.25) is 0 Å². The summed E-state index contributed by atoms with van der Waals surface area (Å²) < 4.78 is 16.0. The van der Waals surface area contributed by atoms with Crippen molar-refractivity contribution in [3.63, 3.8) is 0 Å². The first-order valence-electron chi connectivity index (χ1n) is 30.3. The Hall–Kier alpha value is -10.8. The van der Waals surface area contributed by atoms with Crippen LogP contribution in [0.2, 0.25) is 0 Å². The summed E-state index contributed by atoms with van der Waals surface area (Å²) in [6.07, 6.45) is 0. The molecule has 0 saturated heterocycles. The summed E-state index contributed by atoms with van der Waals surface area (Å²) in [6, 6.07) is 106. The molecule has 14 aromatic carbocycles. The molecule has 0 bridgehead atoms. The van der Waals surface area contributed by atoms with Crippen LogP contribution < -0.4 is 56.4 Å². The number of para-hydroxylation sites is 5. The fraction of sp³-hybridized carbons (Fsp3) is 0. The Morgan fingerprint density at radius 2 is 0.659 bits per heavy atom. The molecule has 4 aliphatic heterocycles. The van der Waals surface area contributed by atoms with Crippen LogP contribution in [-0.2, 0) is 0 Å². The maximum atomic E-state index is 6.62. The van der Waals surface area contributed by atoms with Crippen molar-refractivity contribution >= 4 is 187 Å². The molecule has 406 valence electrons. The molecule has 2 aromatic heterocycles. The second-order valence-corrected chi connectivity index (χ2v) is 26.2. The first kappa shape index (κ1) is 48.5. The molecule has 0 amide bonds. The second kappa shape index (κ2) is 18.4. The third-order valence-corrected chi connectivity index (χ3v) is 21.5. The van der Waals surface area contributed by atoms with Crippen LogP contribution in [0.3, 0.4) is 0 Å². The molecule has 0 spiro atoms. The third kappa shape index (κ3) is 7.01. The SMILES string of the molecule is c1ccc(N2c3ccccc3B3c4cc5c(cc4[Se]c4cc(-c6ccc7oc8cc9ccccc9cc8c7c6)cc2c43)N(c2ccccc2)c2cc(-c3ccc4oc6cc7ccccc7cc6c4c3)cc3c2B5c2ccccc2N3c2ccccc2)cc1. The van der Waals surface area contributed by atoms with Gasteiger partial charge in [-0.2, -0.15) is 0 Å². The summed E-state index contributed by atoms with van der Waals surface area (Å²) in [5.74, 6) is 0. The van der Waals surface area contributed by atoms with Gasteiger partial charge in [-0.3, -0.25) is 0 Å². The Bertz CT molecular complexity index is 5670. The normalized spacial score (nSPS) is 13.5. The zero-order valence-corrected chi connectivity index (χ0v) is 49.1. The van der Waals surface area contributed by atoms with Gasteiger partial charge < -0.3 is 0 Å². The molecule has 88 heavy (non-hydrogen) atoms. The quantitative estimate of drug-likeness (QED) is 0.161. The molecule has 16 aromatic rings. The number of fused-ring (bicyclic) bond motifs is 16. The van der Waals surface area contributed by atoms with Crippen molar-refractivity contribution < 1.29 is 8.83 Å². The zero-order chi connectivity index (χ0) is 57.3. The van der Waals surface area contributed by atoms with Gasteiger partial charge in [-0.25, -0.2) is 0 Å². The Morgan fingerprint density at radius 3 is 1.17 bits per heavy atom. The summed E-state index contributed by atoms with van der Waals surface area (Å²) >= 11 is -0.0979. The van der Waals surface area contributed by atoms with Crippen LogP contribution in [-0.4, -0.2) is 28.4 Å². The first-order valence-corrected chi connectivity index (χ1v) is 32.0. The van der Waals surface area contributed by atoms with Gasteiger partial charge in [0, 0.05) is 0 Å². The Balaban J connectivity index is 0.830. The molecule has 0 N–H and O–H groups in total. The Kier molecular flexibility index (Phi) is 10.1. The van der Waals surface area contributed by atoms with Crippen LogP contribution in [0.5, 0.6) is 0 Å². The minimum atomic E-state index is -0.0979. The van der Waals surface area contributed by atoms with Crippen molar-refractivity contribution in [3.8, 4) is 22.3 Å². The van der Waals surface area contributed by atoms with Gasteiger partial charge in [-0.1, -0.05) is 24.3 Å². The van der Waals surface area contributed by atoms with E-state index in [1.54, 1.807) is 0 Å². The van der Waals surface area contributed by atoms with E-state index in [4.69, 9.17) is 8.83 Å². The number of anilines is 9. The number of rotatable bonds is 5. The van der Waals surface area contributed by atoms with Gasteiger partial charge in [0.05, 0.1) is 0 Å². The van der Waals surface area contributed by atoms with Crippen LogP contribution in [0.1, 0.15) is 0 Å². The molecule has 0 fully saturated rings. The fourth-order valence-corrected chi connectivity index (χ4v) is 17.9. The van der Waals surface area contributed by atoms with Gasteiger partial charge in [0.1, 0.15) is 0 Å². The summed E-state index contributed by atoms with van der Waals surface area (Å²) in [5, 5.41) is 9.26. The van der Waals surface area contributed by atoms with Crippen LogP contribution in [0.4, 0.5) is 51.2 Å². The molecular weight excluding hydrogens is 1140 g/mol. The molecule has 0 unspecified atom stereocenters. The Labute approximate surface area is 514 Å². The van der Waals surface area contributed by atoms with E-state index in [0.29, 0.717) is 0 Å². The van der Waals surface area contributed by atoms with E-state index in [-0.39, 0.29) is 28.4 Å². The molecule has 0 aliphatic carbocycles.